The lowest BCUT2D eigenvalue weighted by atomic mass is 10.1. The molecule has 0 spiro atoms. The summed E-state index contributed by atoms with van der Waals surface area (Å²) in [6.45, 7) is 0.817. The Morgan fingerprint density at radius 3 is 2.05 bits per heavy atom. The van der Waals surface area contributed by atoms with Crippen molar-refractivity contribution in [2.75, 3.05) is 13.2 Å². The van der Waals surface area contributed by atoms with E-state index in [4.69, 9.17) is 21.4 Å². The maximum absolute atomic E-state index is 8.84. The maximum Gasteiger partial charge on any atom is 0.119 e. The molecule has 0 saturated heterocycles. The van der Waals surface area contributed by atoms with Crippen LogP contribution in [-0.2, 0) is 12.8 Å². The molecule has 0 aliphatic heterocycles. The summed E-state index contributed by atoms with van der Waals surface area (Å²) in [5.74, 6) is 0.857. The summed E-state index contributed by atoms with van der Waals surface area (Å²) in [7, 11) is 0. The highest BCUT2D eigenvalue weighted by molar-refractivity contribution is 6.30. The number of aliphatic hydroxyl groups excluding tert-OH is 1. The molecule has 19 heavy (non-hydrogen) atoms. The van der Waals surface area contributed by atoms with E-state index in [0.717, 1.165) is 22.8 Å². The van der Waals surface area contributed by atoms with Crippen molar-refractivity contribution in [1.82, 2.24) is 0 Å². The van der Waals surface area contributed by atoms with Crippen LogP contribution in [-0.4, -0.2) is 18.3 Å². The van der Waals surface area contributed by atoms with E-state index in [9.17, 15) is 0 Å². The van der Waals surface area contributed by atoms with Gasteiger partial charge in [0.2, 0.25) is 0 Å². The van der Waals surface area contributed by atoms with E-state index in [2.05, 4.69) is 0 Å². The number of ether oxygens (including phenoxy) is 1. The molecular formula is C16H17ClO2. The second-order valence-electron chi connectivity index (χ2n) is 4.34. The molecule has 0 radical (unpaired) electrons. The molecule has 3 heteroatoms. The molecule has 0 saturated carbocycles. The minimum absolute atomic E-state index is 0.177. The number of benzene rings is 2. The van der Waals surface area contributed by atoms with Crippen molar-refractivity contribution in [1.29, 1.82) is 0 Å². The first-order valence-corrected chi connectivity index (χ1v) is 6.73. The third-order valence-electron chi connectivity index (χ3n) is 2.90. The normalized spacial score (nSPS) is 10.4. The highest BCUT2D eigenvalue weighted by Crippen LogP contribution is 2.14. The Morgan fingerprint density at radius 2 is 1.42 bits per heavy atom. The number of halogens is 1. The Morgan fingerprint density at radius 1 is 0.842 bits per heavy atom. The first-order valence-electron chi connectivity index (χ1n) is 6.35. The van der Waals surface area contributed by atoms with Gasteiger partial charge in [0, 0.05) is 18.1 Å². The molecule has 0 unspecified atom stereocenters. The molecule has 0 aliphatic rings. The molecule has 0 aliphatic carbocycles. The van der Waals surface area contributed by atoms with Crippen LogP contribution in [0.1, 0.15) is 11.1 Å². The summed E-state index contributed by atoms with van der Waals surface area (Å²) in [5.41, 5.74) is 2.33. The van der Waals surface area contributed by atoms with Gasteiger partial charge < -0.3 is 9.84 Å². The lowest BCUT2D eigenvalue weighted by molar-refractivity contribution is 0.299. The van der Waals surface area contributed by atoms with Crippen LogP contribution in [0.2, 0.25) is 5.02 Å². The van der Waals surface area contributed by atoms with Crippen LogP contribution in [0.25, 0.3) is 0 Å². The van der Waals surface area contributed by atoms with E-state index in [1.54, 1.807) is 0 Å². The van der Waals surface area contributed by atoms with Crippen molar-refractivity contribution < 1.29 is 9.84 Å². The Balaban J connectivity index is 1.80. The molecule has 0 aromatic heterocycles. The molecule has 2 aromatic rings. The van der Waals surface area contributed by atoms with Crippen molar-refractivity contribution in [3.63, 3.8) is 0 Å². The zero-order valence-electron chi connectivity index (χ0n) is 10.7. The molecule has 2 nitrogen and oxygen atoms in total. The molecule has 0 fully saturated rings. The molecule has 2 rings (SSSR count). The SMILES string of the molecule is OCCc1ccc(OCCc2ccc(Cl)cc2)cc1. The van der Waals surface area contributed by atoms with Gasteiger partial charge in [0.15, 0.2) is 0 Å². The quantitative estimate of drug-likeness (QED) is 0.875. The molecule has 2 aromatic carbocycles. The average Bonchev–Trinajstić information content (AvgIpc) is 2.43. The first-order chi connectivity index (χ1) is 9.28. The van der Waals surface area contributed by atoms with Crippen LogP contribution < -0.4 is 4.74 Å². The number of rotatable bonds is 6. The minimum Gasteiger partial charge on any atom is -0.493 e. The third-order valence-corrected chi connectivity index (χ3v) is 3.15. The Bertz CT molecular complexity index is 491. The van der Waals surface area contributed by atoms with E-state index in [-0.39, 0.29) is 6.61 Å². The number of aliphatic hydroxyl groups is 1. The summed E-state index contributed by atoms with van der Waals surface area (Å²) < 4.78 is 5.68. The molecule has 0 bridgehead atoms. The van der Waals surface area contributed by atoms with E-state index in [1.165, 1.54) is 5.56 Å². The molecule has 100 valence electrons. The molecule has 1 N–H and O–H groups in total. The van der Waals surface area contributed by atoms with Gasteiger partial charge in [0.25, 0.3) is 0 Å². The monoisotopic (exact) mass is 276 g/mol. The van der Waals surface area contributed by atoms with Crippen molar-refractivity contribution >= 4 is 11.6 Å². The van der Waals surface area contributed by atoms with Gasteiger partial charge in [-0.15, -0.1) is 0 Å². The van der Waals surface area contributed by atoms with Crippen molar-refractivity contribution in [2.24, 2.45) is 0 Å². The zero-order valence-corrected chi connectivity index (χ0v) is 11.4. The second kappa shape index (κ2) is 7.17. The molecule has 0 atom stereocenters. The van der Waals surface area contributed by atoms with Crippen LogP contribution in [0.15, 0.2) is 48.5 Å². The summed E-state index contributed by atoms with van der Waals surface area (Å²) in [6.07, 6.45) is 1.54. The first kappa shape index (κ1) is 13.9. The fourth-order valence-electron chi connectivity index (χ4n) is 1.82. The Kier molecular flexibility index (Phi) is 5.25. The van der Waals surface area contributed by atoms with Gasteiger partial charge in [0.1, 0.15) is 5.75 Å². The summed E-state index contributed by atoms with van der Waals surface area (Å²) in [6, 6.07) is 15.6. The van der Waals surface area contributed by atoms with Gasteiger partial charge in [-0.3, -0.25) is 0 Å². The summed E-state index contributed by atoms with van der Waals surface area (Å²) >= 11 is 5.83. The van der Waals surface area contributed by atoms with Crippen LogP contribution in [0.3, 0.4) is 0 Å². The fourth-order valence-corrected chi connectivity index (χ4v) is 1.95. The number of hydrogen-bond acceptors (Lipinski definition) is 2. The predicted octanol–water partition coefficient (Wildman–Crippen LogP) is 3.50. The van der Waals surface area contributed by atoms with Crippen molar-refractivity contribution in [3.8, 4) is 5.75 Å². The third kappa shape index (κ3) is 4.58. The average molecular weight is 277 g/mol. The van der Waals surface area contributed by atoms with Crippen LogP contribution in [0, 0.1) is 0 Å². The van der Waals surface area contributed by atoms with Crippen LogP contribution in [0.4, 0.5) is 0 Å². The summed E-state index contributed by atoms with van der Waals surface area (Å²) in [5, 5.41) is 9.59. The van der Waals surface area contributed by atoms with Gasteiger partial charge in [-0.25, -0.2) is 0 Å². The highest BCUT2D eigenvalue weighted by Gasteiger charge is 1.97. The zero-order chi connectivity index (χ0) is 13.5. The van der Waals surface area contributed by atoms with Gasteiger partial charge in [-0.2, -0.15) is 0 Å². The predicted molar refractivity (Wildman–Crippen MR) is 77.9 cm³/mol. The van der Waals surface area contributed by atoms with E-state index in [0.29, 0.717) is 13.0 Å². The lowest BCUT2D eigenvalue weighted by Gasteiger charge is -2.07. The Labute approximate surface area is 118 Å². The van der Waals surface area contributed by atoms with Gasteiger partial charge in [-0.05, 0) is 41.8 Å². The molecule has 0 amide bonds. The van der Waals surface area contributed by atoms with E-state index in [1.807, 2.05) is 48.5 Å². The van der Waals surface area contributed by atoms with Gasteiger partial charge in [0.05, 0.1) is 6.61 Å². The van der Waals surface area contributed by atoms with Crippen molar-refractivity contribution in [2.45, 2.75) is 12.8 Å². The van der Waals surface area contributed by atoms with Crippen LogP contribution in [0.5, 0.6) is 5.75 Å². The van der Waals surface area contributed by atoms with Gasteiger partial charge >= 0.3 is 0 Å². The standard InChI is InChI=1S/C16H17ClO2/c17-15-5-1-14(2-6-15)10-12-19-16-7-3-13(4-8-16)9-11-18/h1-8,18H,9-12H2. The minimum atomic E-state index is 0.177. The van der Waals surface area contributed by atoms with E-state index < -0.39 is 0 Å². The maximum atomic E-state index is 8.84. The molecular weight excluding hydrogens is 260 g/mol. The van der Waals surface area contributed by atoms with Gasteiger partial charge in [-0.1, -0.05) is 35.9 Å². The molecule has 0 heterocycles. The second-order valence-corrected chi connectivity index (χ2v) is 4.78. The van der Waals surface area contributed by atoms with Crippen molar-refractivity contribution in [3.05, 3.63) is 64.7 Å². The number of hydrogen-bond donors (Lipinski definition) is 1. The fraction of sp³-hybridized carbons (Fsp3) is 0.250. The largest absolute Gasteiger partial charge is 0.493 e. The Hall–Kier alpha value is -1.51. The van der Waals surface area contributed by atoms with E-state index >= 15 is 0 Å². The topological polar surface area (TPSA) is 29.5 Å². The highest BCUT2D eigenvalue weighted by atomic mass is 35.5. The smallest absolute Gasteiger partial charge is 0.119 e. The summed E-state index contributed by atoms with van der Waals surface area (Å²) in [4.78, 5) is 0. The lowest BCUT2D eigenvalue weighted by Crippen LogP contribution is -2.01. The van der Waals surface area contributed by atoms with Crippen LogP contribution >= 0.6 is 11.6 Å².